The largest absolute Gasteiger partial charge is 0.504 e. The lowest BCUT2D eigenvalue weighted by Gasteiger charge is -2.59. The Labute approximate surface area is 194 Å². The summed E-state index contributed by atoms with van der Waals surface area (Å²) in [5, 5.41) is 40.4. The Morgan fingerprint density at radius 1 is 1.29 bits per heavy atom. The van der Waals surface area contributed by atoms with E-state index < -0.39 is 53.7 Å². The van der Waals surface area contributed by atoms with Gasteiger partial charge in [0.25, 0.3) is 0 Å². The Balaban J connectivity index is 1.40. The van der Waals surface area contributed by atoms with Crippen molar-refractivity contribution >= 4 is 17.9 Å². The molecule has 6 atom stereocenters. The van der Waals surface area contributed by atoms with Gasteiger partial charge >= 0.3 is 17.9 Å². The van der Waals surface area contributed by atoms with Gasteiger partial charge < -0.3 is 34.6 Å². The standard InChI is InChI=1S/C24H26O10/c1-11(32-17(27)10-15(26)21(28)29)22(30)33-16-6-8-24(31)13-3-2-7-23(24)18-12(9-13)4-5-14(25)19(18)34-20(16)23/h4-6,11,13,15,20,25-26,31H,2-3,7-10H2,1H3,(H,28,29)/t11-,13+,15-,20-,23-,24+/m0/s1. The molecule has 5 rings (SSSR count). The summed E-state index contributed by atoms with van der Waals surface area (Å²) in [6, 6.07) is 3.43. The van der Waals surface area contributed by atoms with E-state index in [1.54, 1.807) is 12.1 Å². The third kappa shape index (κ3) is 3.05. The number of aliphatic hydroxyl groups excluding tert-OH is 1. The number of carbonyl (C=O) groups is 3. The number of hydrogen-bond donors (Lipinski definition) is 4. The van der Waals surface area contributed by atoms with Crippen LogP contribution in [0.2, 0.25) is 0 Å². The van der Waals surface area contributed by atoms with Crippen LogP contribution in [0.5, 0.6) is 11.5 Å². The lowest BCUT2D eigenvalue weighted by atomic mass is 9.47. The second-order valence-corrected chi connectivity index (χ2v) is 9.56. The minimum absolute atomic E-state index is 0.00406. The molecule has 4 N–H and O–H groups in total. The van der Waals surface area contributed by atoms with Crippen molar-refractivity contribution in [2.75, 3.05) is 0 Å². The molecule has 0 unspecified atom stereocenters. The van der Waals surface area contributed by atoms with E-state index >= 15 is 0 Å². The molecular formula is C24H26O10. The Morgan fingerprint density at radius 3 is 2.79 bits per heavy atom. The predicted octanol–water partition coefficient (Wildman–Crippen LogP) is 1.08. The van der Waals surface area contributed by atoms with Gasteiger partial charge in [-0.2, -0.15) is 0 Å². The smallest absolute Gasteiger partial charge is 0.352 e. The molecule has 34 heavy (non-hydrogen) atoms. The number of aliphatic carboxylic acids is 1. The van der Waals surface area contributed by atoms with Crippen molar-refractivity contribution < 1.29 is 49.0 Å². The van der Waals surface area contributed by atoms with E-state index in [9.17, 15) is 29.7 Å². The van der Waals surface area contributed by atoms with Gasteiger partial charge in [-0.3, -0.25) is 4.79 Å². The van der Waals surface area contributed by atoms with Gasteiger partial charge in [0.15, 0.2) is 29.8 Å². The summed E-state index contributed by atoms with van der Waals surface area (Å²) >= 11 is 0. The number of ether oxygens (including phenoxy) is 3. The number of esters is 2. The van der Waals surface area contributed by atoms with Gasteiger partial charge in [0.1, 0.15) is 5.76 Å². The topological polar surface area (TPSA) is 160 Å². The molecule has 0 aromatic heterocycles. The lowest BCUT2D eigenvalue weighted by Crippen LogP contribution is -2.67. The summed E-state index contributed by atoms with van der Waals surface area (Å²) in [5.41, 5.74) is -0.188. The van der Waals surface area contributed by atoms with E-state index in [1.807, 2.05) is 6.07 Å². The van der Waals surface area contributed by atoms with Crippen molar-refractivity contribution in [3.05, 3.63) is 35.1 Å². The highest BCUT2D eigenvalue weighted by atomic mass is 16.6. The molecule has 1 aromatic rings. The molecular weight excluding hydrogens is 448 g/mol. The average molecular weight is 474 g/mol. The molecule has 1 fully saturated rings. The number of carboxylic acids is 1. The fraction of sp³-hybridized carbons (Fsp3) is 0.542. The van der Waals surface area contributed by atoms with Crippen molar-refractivity contribution in [1.82, 2.24) is 0 Å². The van der Waals surface area contributed by atoms with Crippen LogP contribution in [-0.4, -0.2) is 62.2 Å². The van der Waals surface area contributed by atoms with Crippen LogP contribution in [0, 0.1) is 5.92 Å². The molecule has 10 nitrogen and oxygen atoms in total. The number of carbonyl (C=O) groups excluding carboxylic acids is 2. The fourth-order valence-electron chi connectivity index (χ4n) is 6.27. The van der Waals surface area contributed by atoms with Crippen molar-refractivity contribution in [2.24, 2.45) is 5.92 Å². The molecule has 0 saturated heterocycles. The predicted molar refractivity (Wildman–Crippen MR) is 113 cm³/mol. The molecule has 3 aliphatic carbocycles. The van der Waals surface area contributed by atoms with Gasteiger partial charge in [-0.25, -0.2) is 9.59 Å². The maximum Gasteiger partial charge on any atom is 0.352 e. The van der Waals surface area contributed by atoms with Gasteiger partial charge in [-0.05, 0) is 56.2 Å². The summed E-state index contributed by atoms with van der Waals surface area (Å²) in [6.07, 6.45) is -0.106. The number of phenols is 1. The fourth-order valence-corrected chi connectivity index (χ4v) is 6.27. The minimum Gasteiger partial charge on any atom is -0.504 e. The van der Waals surface area contributed by atoms with E-state index in [-0.39, 0.29) is 23.8 Å². The molecule has 1 heterocycles. The second kappa shape index (κ2) is 7.71. The first-order valence-electron chi connectivity index (χ1n) is 11.3. The zero-order chi connectivity index (χ0) is 24.4. The molecule has 10 heteroatoms. The summed E-state index contributed by atoms with van der Waals surface area (Å²) < 4.78 is 16.7. The number of phenolic OH excluding ortho intramolecular Hbond substituents is 1. The second-order valence-electron chi connectivity index (χ2n) is 9.56. The summed E-state index contributed by atoms with van der Waals surface area (Å²) in [5.74, 6) is -3.11. The van der Waals surface area contributed by atoms with Crippen molar-refractivity contribution in [3.8, 4) is 11.5 Å². The van der Waals surface area contributed by atoms with Crippen LogP contribution < -0.4 is 4.74 Å². The lowest BCUT2D eigenvalue weighted by molar-refractivity contribution is -0.172. The molecule has 0 amide bonds. The molecule has 182 valence electrons. The van der Waals surface area contributed by atoms with Gasteiger partial charge in [0, 0.05) is 5.56 Å². The van der Waals surface area contributed by atoms with Crippen molar-refractivity contribution in [1.29, 1.82) is 0 Å². The third-order valence-corrected chi connectivity index (χ3v) is 7.77. The zero-order valence-electron chi connectivity index (χ0n) is 18.5. The molecule has 4 aliphatic rings. The van der Waals surface area contributed by atoms with E-state index in [1.165, 1.54) is 6.92 Å². The highest BCUT2D eigenvalue weighted by Gasteiger charge is 2.70. The highest BCUT2D eigenvalue weighted by Crippen LogP contribution is 2.67. The van der Waals surface area contributed by atoms with E-state index in [0.29, 0.717) is 18.6 Å². The van der Waals surface area contributed by atoms with Crippen LogP contribution in [0.4, 0.5) is 0 Å². The first-order chi connectivity index (χ1) is 16.1. The normalized spacial score (nSPS) is 31.9. The third-order valence-electron chi connectivity index (χ3n) is 7.77. The first kappa shape index (κ1) is 22.7. The van der Waals surface area contributed by atoms with Crippen LogP contribution >= 0.6 is 0 Å². The molecule has 1 spiro atoms. The number of hydrogen-bond acceptors (Lipinski definition) is 9. The van der Waals surface area contributed by atoms with Gasteiger partial charge in [-0.15, -0.1) is 0 Å². The Morgan fingerprint density at radius 2 is 2.06 bits per heavy atom. The maximum absolute atomic E-state index is 12.7. The molecule has 1 saturated carbocycles. The van der Waals surface area contributed by atoms with E-state index in [0.717, 1.165) is 24.0 Å². The Hall–Kier alpha value is -3.11. The van der Waals surface area contributed by atoms with Crippen LogP contribution in [0.15, 0.2) is 24.0 Å². The van der Waals surface area contributed by atoms with Crippen LogP contribution in [0.1, 0.15) is 50.2 Å². The summed E-state index contributed by atoms with van der Waals surface area (Å²) in [6.45, 7) is 1.27. The molecule has 1 aromatic carbocycles. The summed E-state index contributed by atoms with van der Waals surface area (Å²) in [4.78, 5) is 35.3. The number of aromatic hydroxyl groups is 1. The molecule has 1 aliphatic heterocycles. The zero-order valence-corrected chi connectivity index (χ0v) is 18.5. The quantitative estimate of drug-likeness (QED) is 0.439. The highest BCUT2D eigenvalue weighted by molar-refractivity contribution is 5.83. The monoisotopic (exact) mass is 474 g/mol. The van der Waals surface area contributed by atoms with Crippen molar-refractivity contribution in [3.63, 3.8) is 0 Å². The van der Waals surface area contributed by atoms with E-state index in [4.69, 9.17) is 19.3 Å². The van der Waals surface area contributed by atoms with Gasteiger partial charge in [0.2, 0.25) is 0 Å². The number of benzene rings is 1. The van der Waals surface area contributed by atoms with Gasteiger partial charge in [0.05, 0.1) is 17.4 Å². The number of rotatable bonds is 6. The van der Waals surface area contributed by atoms with Crippen molar-refractivity contribution in [2.45, 2.75) is 74.8 Å². The first-order valence-corrected chi connectivity index (χ1v) is 11.3. The number of carboxylic acid groups (broad SMARTS) is 1. The van der Waals surface area contributed by atoms with Crippen LogP contribution in [-0.2, 0) is 35.7 Å². The van der Waals surface area contributed by atoms with Gasteiger partial charge in [-0.1, -0.05) is 12.5 Å². The molecule has 2 bridgehead atoms. The average Bonchev–Trinajstić information content (AvgIpc) is 3.12. The van der Waals surface area contributed by atoms with Crippen LogP contribution in [0.25, 0.3) is 0 Å². The Bertz CT molecular complexity index is 1110. The van der Waals surface area contributed by atoms with E-state index in [2.05, 4.69) is 0 Å². The van der Waals surface area contributed by atoms with Crippen LogP contribution in [0.3, 0.4) is 0 Å². The minimum atomic E-state index is -1.94. The maximum atomic E-state index is 12.7. The Kier molecular flexibility index (Phi) is 5.14. The summed E-state index contributed by atoms with van der Waals surface area (Å²) in [7, 11) is 0. The number of aliphatic hydroxyl groups is 2. The SMILES string of the molecule is C[C@H](OC(=O)C[C@H](O)C(=O)O)C(=O)OC1=CC[C@@]2(O)[C@@H]3CCC[C@@]24c2c(ccc(O)c2O[C@@H]14)C3. The molecule has 0 radical (unpaired) electrons.